The molecule has 6 nitrogen and oxygen atoms in total. The number of fused-ring (bicyclic) bond motifs is 1. The van der Waals surface area contributed by atoms with Crippen molar-refractivity contribution in [2.75, 3.05) is 43.4 Å². The third-order valence-electron chi connectivity index (χ3n) is 6.81. The van der Waals surface area contributed by atoms with Crippen LogP contribution in [0, 0.1) is 13.8 Å². The molecular weight excluding hydrogens is 412 g/mol. The molecule has 33 heavy (non-hydrogen) atoms. The minimum absolute atomic E-state index is 0.0702. The number of rotatable bonds is 5. The summed E-state index contributed by atoms with van der Waals surface area (Å²) in [6, 6.07) is 12.6. The minimum Gasteiger partial charge on any atom is -0.374 e. The maximum absolute atomic E-state index is 12.7. The fourth-order valence-corrected chi connectivity index (χ4v) is 5.20. The van der Waals surface area contributed by atoms with Crippen LogP contribution in [0.2, 0.25) is 0 Å². The number of nitrogens with one attached hydrogen (secondary N) is 2. The predicted molar refractivity (Wildman–Crippen MR) is 134 cm³/mol. The fourth-order valence-electron chi connectivity index (χ4n) is 5.20. The molecular formula is C27H36N4O2. The highest BCUT2D eigenvalue weighted by atomic mass is 16.2. The first-order chi connectivity index (χ1) is 15.9. The highest BCUT2D eigenvalue weighted by molar-refractivity contribution is 6.39. The average Bonchev–Trinajstić information content (AvgIpc) is 2.79. The van der Waals surface area contributed by atoms with Gasteiger partial charge in [0.1, 0.15) is 0 Å². The SMILES string of the molecule is Cc1cc(C)cc(NC(=O)C(=O)NC[C@H](c2ccc3c(c2)CCCN3C)N2CCCCC2)c1. The second-order valence-corrected chi connectivity index (χ2v) is 9.57. The zero-order valence-electron chi connectivity index (χ0n) is 20.1. The van der Waals surface area contributed by atoms with Gasteiger partial charge in [-0.1, -0.05) is 24.6 Å². The van der Waals surface area contributed by atoms with Crippen molar-refractivity contribution in [2.45, 2.75) is 52.0 Å². The summed E-state index contributed by atoms with van der Waals surface area (Å²) in [6.45, 7) is 7.50. The number of aryl methyl sites for hydroxylation is 3. The second-order valence-electron chi connectivity index (χ2n) is 9.57. The van der Waals surface area contributed by atoms with E-state index in [4.69, 9.17) is 0 Å². The Balaban J connectivity index is 1.46. The number of likely N-dealkylation sites (tertiary alicyclic amines) is 1. The van der Waals surface area contributed by atoms with Crippen molar-refractivity contribution in [2.24, 2.45) is 0 Å². The van der Waals surface area contributed by atoms with Crippen molar-refractivity contribution in [3.63, 3.8) is 0 Å². The number of piperidine rings is 1. The first kappa shape index (κ1) is 23.3. The molecule has 0 unspecified atom stereocenters. The lowest BCUT2D eigenvalue weighted by Crippen LogP contribution is -2.43. The van der Waals surface area contributed by atoms with Crippen molar-refractivity contribution in [3.05, 3.63) is 58.7 Å². The van der Waals surface area contributed by atoms with Crippen molar-refractivity contribution in [1.29, 1.82) is 0 Å². The zero-order valence-corrected chi connectivity index (χ0v) is 20.1. The monoisotopic (exact) mass is 448 g/mol. The Bertz CT molecular complexity index is 993. The molecule has 6 heteroatoms. The van der Waals surface area contributed by atoms with Gasteiger partial charge in [-0.25, -0.2) is 0 Å². The molecule has 2 heterocycles. The Morgan fingerprint density at radius 2 is 1.64 bits per heavy atom. The summed E-state index contributed by atoms with van der Waals surface area (Å²) in [5.74, 6) is -1.21. The quantitative estimate of drug-likeness (QED) is 0.680. The Morgan fingerprint density at radius 1 is 0.909 bits per heavy atom. The lowest BCUT2D eigenvalue weighted by molar-refractivity contribution is -0.136. The van der Waals surface area contributed by atoms with Crippen LogP contribution < -0.4 is 15.5 Å². The van der Waals surface area contributed by atoms with Gasteiger partial charge in [-0.3, -0.25) is 14.5 Å². The number of carbonyl (C=O) groups excluding carboxylic acids is 2. The maximum Gasteiger partial charge on any atom is 0.313 e. The number of hydrogen-bond acceptors (Lipinski definition) is 4. The van der Waals surface area contributed by atoms with Gasteiger partial charge in [-0.2, -0.15) is 0 Å². The van der Waals surface area contributed by atoms with E-state index in [1.807, 2.05) is 32.0 Å². The molecule has 0 aromatic heterocycles. The summed E-state index contributed by atoms with van der Waals surface area (Å²) < 4.78 is 0. The summed E-state index contributed by atoms with van der Waals surface area (Å²) in [5.41, 5.74) is 6.66. The molecule has 4 rings (SSSR count). The molecule has 176 valence electrons. The van der Waals surface area contributed by atoms with E-state index in [1.54, 1.807) is 0 Å². The second kappa shape index (κ2) is 10.4. The molecule has 0 spiro atoms. The van der Waals surface area contributed by atoms with Crippen molar-refractivity contribution in [3.8, 4) is 0 Å². The number of carbonyl (C=O) groups is 2. The fraction of sp³-hybridized carbons (Fsp3) is 0.481. The van der Waals surface area contributed by atoms with Crippen LogP contribution in [-0.4, -0.2) is 49.9 Å². The average molecular weight is 449 g/mol. The largest absolute Gasteiger partial charge is 0.374 e. The Morgan fingerprint density at radius 3 is 2.36 bits per heavy atom. The van der Waals surface area contributed by atoms with Crippen LogP contribution in [0.3, 0.4) is 0 Å². The third-order valence-corrected chi connectivity index (χ3v) is 6.81. The summed E-state index contributed by atoms with van der Waals surface area (Å²) in [4.78, 5) is 30.0. The van der Waals surface area contributed by atoms with Gasteiger partial charge in [0.25, 0.3) is 0 Å². The van der Waals surface area contributed by atoms with E-state index in [1.165, 1.54) is 36.1 Å². The molecule has 2 N–H and O–H groups in total. The number of anilines is 2. The molecule has 0 radical (unpaired) electrons. The maximum atomic E-state index is 12.7. The molecule has 2 aliphatic rings. The number of amides is 2. The molecule has 2 aliphatic heterocycles. The molecule has 0 saturated carbocycles. The van der Waals surface area contributed by atoms with Crippen LogP contribution in [0.25, 0.3) is 0 Å². The normalized spacial score (nSPS) is 17.2. The van der Waals surface area contributed by atoms with E-state index >= 15 is 0 Å². The van der Waals surface area contributed by atoms with Gasteiger partial charge in [0.05, 0.1) is 6.04 Å². The lowest BCUT2D eigenvalue weighted by atomic mass is 9.95. The van der Waals surface area contributed by atoms with E-state index in [0.29, 0.717) is 12.2 Å². The number of benzene rings is 2. The van der Waals surface area contributed by atoms with Crippen LogP contribution >= 0.6 is 0 Å². The van der Waals surface area contributed by atoms with Crippen molar-refractivity contribution in [1.82, 2.24) is 10.2 Å². The first-order valence-electron chi connectivity index (χ1n) is 12.2. The summed E-state index contributed by atoms with van der Waals surface area (Å²) >= 11 is 0. The van der Waals surface area contributed by atoms with Gasteiger partial charge < -0.3 is 15.5 Å². The highest BCUT2D eigenvalue weighted by Gasteiger charge is 2.26. The van der Waals surface area contributed by atoms with Crippen molar-refractivity contribution < 1.29 is 9.59 Å². The first-order valence-corrected chi connectivity index (χ1v) is 12.2. The molecule has 0 aliphatic carbocycles. The smallest absolute Gasteiger partial charge is 0.313 e. The van der Waals surface area contributed by atoms with Crippen molar-refractivity contribution >= 4 is 23.2 Å². The third kappa shape index (κ3) is 5.74. The van der Waals surface area contributed by atoms with E-state index < -0.39 is 11.8 Å². The lowest BCUT2D eigenvalue weighted by Gasteiger charge is -2.36. The topological polar surface area (TPSA) is 64.7 Å². The van der Waals surface area contributed by atoms with Gasteiger partial charge in [0.2, 0.25) is 0 Å². The van der Waals surface area contributed by atoms with Gasteiger partial charge >= 0.3 is 11.8 Å². The van der Waals surface area contributed by atoms with Crippen LogP contribution in [-0.2, 0) is 16.0 Å². The summed E-state index contributed by atoms with van der Waals surface area (Å²) in [7, 11) is 2.15. The standard InChI is InChI=1S/C27H36N4O2/c1-19-14-20(2)16-23(15-19)29-27(33)26(32)28-18-25(31-12-5-4-6-13-31)22-9-10-24-21(17-22)8-7-11-30(24)3/h9-10,14-17,25H,4-8,11-13,18H2,1-3H3,(H,28,32)(H,29,33)/t25-/m1/s1. The predicted octanol–water partition coefficient (Wildman–Crippen LogP) is 3.97. The number of hydrogen-bond donors (Lipinski definition) is 2. The van der Waals surface area contributed by atoms with E-state index in [0.717, 1.165) is 43.6 Å². The molecule has 1 saturated heterocycles. The van der Waals surface area contributed by atoms with Crippen LogP contribution in [0.4, 0.5) is 11.4 Å². The molecule has 0 bridgehead atoms. The van der Waals surface area contributed by atoms with Gasteiger partial charge in [-0.15, -0.1) is 0 Å². The summed E-state index contributed by atoms with van der Waals surface area (Å²) in [6.07, 6.45) is 5.85. The van der Waals surface area contributed by atoms with E-state index in [9.17, 15) is 9.59 Å². The molecule has 1 fully saturated rings. The Labute approximate surface area is 197 Å². The highest BCUT2D eigenvalue weighted by Crippen LogP contribution is 2.31. The zero-order chi connectivity index (χ0) is 23.4. The molecule has 2 aromatic rings. The molecule has 2 amide bonds. The summed E-state index contributed by atoms with van der Waals surface area (Å²) in [5, 5.41) is 5.66. The number of nitrogens with zero attached hydrogens (tertiary/aromatic N) is 2. The van der Waals surface area contributed by atoms with E-state index in [2.05, 4.69) is 45.7 Å². The Kier molecular flexibility index (Phi) is 7.33. The van der Waals surface area contributed by atoms with Crippen LogP contribution in [0.1, 0.15) is 54.0 Å². The van der Waals surface area contributed by atoms with E-state index in [-0.39, 0.29) is 6.04 Å². The molecule has 2 aromatic carbocycles. The minimum atomic E-state index is -0.621. The Hall–Kier alpha value is -2.86. The molecule has 1 atom stereocenters. The van der Waals surface area contributed by atoms with Gasteiger partial charge in [0, 0.05) is 31.5 Å². The van der Waals surface area contributed by atoms with Crippen LogP contribution in [0.15, 0.2) is 36.4 Å². The van der Waals surface area contributed by atoms with Gasteiger partial charge in [0.15, 0.2) is 0 Å². The van der Waals surface area contributed by atoms with Crippen LogP contribution in [0.5, 0.6) is 0 Å². The van der Waals surface area contributed by atoms with Gasteiger partial charge in [-0.05, 0) is 93.1 Å².